The number of oxazole rings is 1. The van der Waals surface area contributed by atoms with Crippen molar-refractivity contribution in [2.75, 3.05) is 19.3 Å². The highest BCUT2D eigenvalue weighted by Gasteiger charge is 2.32. The standard InChI is InChI=1S/C14H16N2O5S/c1-22(19,20)10-6-7-15(8-10)13(17)9-16-11-4-2-3-5-12(11)21-14(16)18/h2-5,10H,6-9H2,1H3. The highest BCUT2D eigenvalue weighted by atomic mass is 32.2. The number of carbonyl (C=O) groups excluding carboxylic acids is 1. The third kappa shape index (κ3) is 2.66. The summed E-state index contributed by atoms with van der Waals surface area (Å²) in [7, 11) is -3.15. The van der Waals surface area contributed by atoms with Crippen LogP contribution in [-0.2, 0) is 21.2 Å². The van der Waals surface area contributed by atoms with Crippen LogP contribution in [-0.4, -0.2) is 48.4 Å². The molecule has 0 saturated carbocycles. The summed E-state index contributed by atoms with van der Waals surface area (Å²) in [6.07, 6.45) is 1.62. The molecule has 0 radical (unpaired) electrons. The summed E-state index contributed by atoms with van der Waals surface area (Å²) in [5, 5.41) is -0.519. The van der Waals surface area contributed by atoms with Gasteiger partial charge in [0.25, 0.3) is 0 Å². The third-order valence-electron chi connectivity index (χ3n) is 3.97. The first-order valence-electron chi connectivity index (χ1n) is 6.91. The lowest BCUT2D eigenvalue weighted by Gasteiger charge is -2.16. The van der Waals surface area contributed by atoms with Crippen LogP contribution < -0.4 is 5.76 Å². The molecule has 8 heteroatoms. The van der Waals surface area contributed by atoms with Crippen molar-refractivity contribution in [1.82, 2.24) is 9.47 Å². The van der Waals surface area contributed by atoms with Crippen LogP contribution in [0.5, 0.6) is 0 Å². The summed E-state index contributed by atoms with van der Waals surface area (Å²) in [6, 6.07) is 6.87. The van der Waals surface area contributed by atoms with Gasteiger partial charge in [0.15, 0.2) is 15.4 Å². The SMILES string of the molecule is CS(=O)(=O)C1CCN(C(=O)Cn2c(=O)oc3ccccc32)C1. The molecule has 1 aliphatic rings. The number of amides is 1. The van der Waals surface area contributed by atoms with Gasteiger partial charge >= 0.3 is 5.76 Å². The Morgan fingerprint density at radius 1 is 1.36 bits per heavy atom. The number of hydrogen-bond donors (Lipinski definition) is 0. The number of aromatic nitrogens is 1. The fraction of sp³-hybridized carbons (Fsp3) is 0.429. The molecule has 1 unspecified atom stereocenters. The predicted molar refractivity (Wildman–Crippen MR) is 80.3 cm³/mol. The molecule has 0 N–H and O–H groups in total. The van der Waals surface area contributed by atoms with E-state index < -0.39 is 20.8 Å². The molecule has 1 aromatic heterocycles. The molecule has 22 heavy (non-hydrogen) atoms. The maximum absolute atomic E-state index is 12.3. The largest absolute Gasteiger partial charge is 0.420 e. The third-order valence-corrected chi connectivity index (χ3v) is 5.57. The van der Waals surface area contributed by atoms with Crippen molar-refractivity contribution in [3.05, 3.63) is 34.8 Å². The van der Waals surface area contributed by atoms with Gasteiger partial charge in [0.1, 0.15) is 6.54 Å². The van der Waals surface area contributed by atoms with Gasteiger partial charge in [0.05, 0.1) is 10.8 Å². The maximum atomic E-state index is 12.3. The molecule has 2 heterocycles. The summed E-state index contributed by atoms with van der Waals surface area (Å²) < 4.78 is 29.4. The van der Waals surface area contributed by atoms with Crippen LogP contribution in [0.3, 0.4) is 0 Å². The molecular formula is C14H16N2O5S. The maximum Gasteiger partial charge on any atom is 0.420 e. The molecule has 1 amide bonds. The number of fused-ring (bicyclic) bond motifs is 1. The molecule has 1 aromatic carbocycles. The summed E-state index contributed by atoms with van der Waals surface area (Å²) >= 11 is 0. The summed E-state index contributed by atoms with van der Waals surface area (Å²) in [4.78, 5) is 25.6. The first-order chi connectivity index (χ1) is 10.4. The quantitative estimate of drug-likeness (QED) is 0.807. The van der Waals surface area contributed by atoms with Crippen LogP contribution in [0.4, 0.5) is 0 Å². The van der Waals surface area contributed by atoms with Crippen LogP contribution in [0.2, 0.25) is 0 Å². The second-order valence-corrected chi connectivity index (χ2v) is 7.83. The number of benzene rings is 1. The van der Waals surface area contributed by atoms with Crippen molar-refractivity contribution < 1.29 is 17.6 Å². The number of hydrogen-bond acceptors (Lipinski definition) is 5. The van der Waals surface area contributed by atoms with Gasteiger partial charge in [0, 0.05) is 19.3 Å². The lowest BCUT2D eigenvalue weighted by molar-refractivity contribution is -0.130. The molecule has 2 aromatic rings. The van der Waals surface area contributed by atoms with E-state index >= 15 is 0 Å². The number of likely N-dealkylation sites (tertiary alicyclic amines) is 1. The van der Waals surface area contributed by atoms with Gasteiger partial charge in [-0.25, -0.2) is 13.2 Å². The summed E-state index contributed by atoms with van der Waals surface area (Å²) in [5.74, 6) is -0.867. The van der Waals surface area contributed by atoms with Gasteiger partial charge in [-0.05, 0) is 18.6 Å². The van der Waals surface area contributed by atoms with Crippen molar-refractivity contribution >= 4 is 26.8 Å². The van der Waals surface area contributed by atoms with Crippen LogP contribution >= 0.6 is 0 Å². The van der Waals surface area contributed by atoms with E-state index in [0.29, 0.717) is 24.1 Å². The first kappa shape index (κ1) is 14.8. The lowest BCUT2D eigenvalue weighted by Crippen LogP contribution is -2.35. The molecule has 1 atom stereocenters. The fourth-order valence-electron chi connectivity index (χ4n) is 2.70. The van der Waals surface area contributed by atoms with Crippen molar-refractivity contribution in [2.24, 2.45) is 0 Å². The topological polar surface area (TPSA) is 89.6 Å². The Labute approximate surface area is 127 Å². The van der Waals surface area contributed by atoms with E-state index in [1.165, 1.54) is 15.7 Å². The Balaban J connectivity index is 1.80. The zero-order valence-electron chi connectivity index (χ0n) is 12.1. The minimum absolute atomic E-state index is 0.146. The zero-order chi connectivity index (χ0) is 15.9. The fourth-order valence-corrected chi connectivity index (χ4v) is 3.69. The molecule has 118 valence electrons. The van der Waals surface area contributed by atoms with E-state index in [1.54, 1.807) is 24.3 Å². The summed E-state index contributed by atoms with van der Waals surface area (Å²) in [6.45, 7) is 0.426. The van der Waals surface area contributed by atoms with E-state index in [2.05, 4.69) is 0 Å². The molecule has 0 spiro atoms. The van der Waals surface area contributed by atoms with Crippen LogP contribution in [0.25, 0.3) is 11.1 Å². The van der Waals surface area contributed by atoms with Gasteiger partial charge < -0.3 is 9.32 Å². The number of rotatable bonds is 3. The van der Waals surface area contributed by atoms with Gasteiger partial charge in [-0.15, -0.1) is 0 Å². The number of nitrogens with zero attached hydrogens (tertiary/aromatic N) is 2. The molecule has 1 saturated heterocycles. The Hall–Kier alpha value is -2.09. The smallest absolute Gasteiger partial charge is 0.408 e. The average Bonchev–Trinajstić information content (AvgIpc) is 3.04. The molecule has 1 aliphatic heterocycles. The molecule has 0 aliphatic carbocycles. The lowest BCUT2D eigenvalue weighted by atomic mass is 10.3. The van der Waals surface area contributed by atoms with E-state index in [0.717, 1.165) is 0 Å². The highest BCUT2D eigenvalue weighted by molar-refractivity contribution is 7.91. The van der Waals surface area contributed by atoms with Crippen molar-refractivity contribution in [3.8, 4) is 0 Å². The van der Waals surface area contributed by atoms with Gasteiger partial charge in [0.2, 0.25) is 5.91 Å². The van der Waals surface area contributed by atoms with Gasteiger partial charge in [-0.3, -0.25) is 9.36 Å². The van der Waals surface area contributed by atoms with Crippen LogP contribution in [0.1, 0.15) is 6.42 Å². The Kier molecular flexibility index (Phi) is 3.56. The van der Waals surface area contributed by atoms with Gasteiger partial charge in [-0.2, -0.15) is 0 Å². The second-order valence-electron chi connectivity index (χ2n) is 5.50. The van der Waals surface area contributed by atoms with E-state index in [9.17, 15) is 18.0 Å². The second kappa shape index (κ2) is 5.28. The van der Waals surface area contributed by atoms with Crippen LogP contribution in [0.15, 0.2) is 33.5 Å². The highest BCUT2D eigenvalue weighted by Crippen LogP contribution is 2.17. The monoisotopic (exact) mass is 324 g/mol. The minimum Gasteiger partial charge on any atom is -0.408 e. The van der Waals surface area contributed by atoms with Crippen molar-refractivity contribution in [3.63, 3.8) is 0 Å². The van der Waals surface area contributed by atoms with Crippen molar-refractivity contribution in [1.29, 1.82) is 0 Å². The molecule has 0 bridgehead atoms. The van der Waals surface area contributed by atoms with Gasteiger partial charge in [-0.1, -0.05) is 12.1 Å². The Morgan fingerprint density at radius 2 is 2.09 bits per heavy atom. The summed E-state index contributed by atoms with van der Waals surface area (Å²) in [5.41, 5.74) is 0.982. The first-order valence-corrected chi connectivity index (χ1v) is 8.87. The predicted octanol–water partition coefficient (Wildman–Crippen LogP) is 0.240. The van der Waals surface area contributed by atoms with Crippen molar-refractivity contribution in [2.45, 2.75) is 18.2 Å². The van der Waals surface area contributed by atoms with E-state index in [4.69, 9.17) is 4.42 Å². The Bertz CT molecular complexity index is 880. The van der Waals surface area contributed by atoms with E-state index in [1.807, 2.05) is 0 Å². The molecule has 1 fully saturated rings. The molecule has 3 rings (SSSR count). The van der Waals surface area contributed by atoms with E-state index in [-0.39, 0.29) is 19.0 Å². The Morgan fingerprint density at radius 3 is 2.77 bits per heavy atom. The van der Waals surface area contributed by atoms with Crippen LogP contribution in [0, 0.1) is 0 Å². The average molecular weight is 324 g/mol. The normalized spacial score (nSPS) is 19.0. The zero-order valence-corrected chi connectivity index (χ0v) is 12.9. The number of para-hydroxylation sites is 2. The molecular weight excluding hydrogens is 308 g/mol. The number of sulfone groups is 1. The minimum atomic E-state index is -3.15. The molecule has 7 nitrogen and oxygen atoms in total. The number of carbonyl (C=O) groups is 1.